The summed E-state index contributed by atoms with van der Waals surface area (Å²) in [6.07, 6.45) is 0. The van der Waals surface area contributed by atoms with E-state index in [4.69, 9.17) is 9.15 Å². The second-order valence-electron chi connectivity index (χ2n) is 5.44. The summed E-state index contributed by atoms with van der Waals surface area (Å²) >= 11 is 0. The molecule has 3 aromatic rings. The molecule has 0 aliphatic rings. The minimum atomic E-state index is -0.403. The van der Waals surface area contributed by atoms with Crippen LogP contribution in [0, 0.1) is 0 Å². The second-order valence-corrected chi connectivity index (χ2v) is 5.44. The molecule has 0 unspecified atom stereocenters. The highest BCUT2D eigenvalue weighted by Gasteiger charge is 2.07. The molecule has 0 fully saturated rings. The predicted molar refractivity (Wildman–Crippen MR) is 92.8 cm³/mol. The fourth-order valence-electron chi connectivity index (χ4n) is 2.50. The van der Waals surface area contributed by atoms with Crippen molar-refractivity contribution in [3.05, 3.63) is 70.1 Å². The molecule has 24 heavy (non-hydrogen) atoms. The van der Waals surface area contributed by atoms with Gasteiger partial charge in [-0.15, -0.1) is 0 Å². The van der Waals surface area contributed by atoms with E-state index >= 15 is 0 Å². The van der Waals surface area contributed by atoms with Gasteiger partial charge in [-0.2, -0.15) is 0 Å². The maximum Gasteiger partial charge on any atom is 0.336 e. The first kappa shape index (κ1) is 15.8. The molecule has 0 aliphatic heterocycles. The molecule has 0 amide bonds. The zero-order chi connectivity index (χ0) is 17.1. The fourth-order valence-corrected chi connectivity index (χ4v) is 2.50. The predicted octanol–water partition coefficient (Wildman–Crippen LogP) is 3.62. The van der Waals surface area contributed by atoms with E-state index in [-0.39, 0.29) is 5.78 Å². The molecule has 0 bridgehead atoms. The van der Waals surface area contributed by atoms with Gasteiger partial charge in [-0.25, -0.2) is 4.79 Å². The minimum absolute atomic E-state index is 0.0298. The molecule has 2 aromatic carbocycles. The van der Waals surface area contributed by atoms with E-state index in [0.29, 0.717) is 23.4 Å². The summed E-state index contributed by atoms with van der Waals surface area (Å²) < 4.78 is 10.4. The average molecular weight is 323 g/mol. The molecule has 0 spiro atoms. The molecule has 3 rings (SSSR count). The van der Waals surface area contributed by atoms with Gasteiger partial charge in [0.15, 0.2) is 5.78 Å². The summed E-state index contributed by atoms with van der Waals surface area (Å²) in [7, 11) is 1.56. The Kier molecular flexibility index (Phi) is 4.33. The molecular weight excluding hydrogens is 306 g/mol. The first-order valence-corrected chi connectivity index (χ1v) is 7.52. The van der Waals surface area contributed by atoms with Crippen molar-refractivity contribution in [2.45, 2.75) is 13.5 Å². The Balaban J connectivity index is 1.86. The van der Waals surface area contributed by atoms with Crippen molar-refractivity contribution in [2.75, 3.05) is 12.4 Å². The molecule has 5 nitrogen and oxygen atoms in total. The van der Waals surface area contributed by atoms with Crippen molar-refractivity contribution in [1.82, 2.24) is 0 Å². The number of hydrogen-bond acceptors (Lipinski definition) is 5. The Morgan fingerprint density at radius 2 is 1.88 bits per heavy atom. The number of ketones is 1. The molecule has 1 aromatic heterocycles. The van der Waals surface area contributed by atoms with E-state index in [1.807, 2.05) is 24.3 Å². The maximum atomic E-state index is 11.8. The summed E-state index contributed by atoms with van der Waals surface area (Å²) in [4.78, 5) is 23.1. The number of methoxy groups -OCH3 is 1. The smallest absolute Gasteiger partial charge is 0.336 e. The van der Waals surface area contributed by atoms with Crippen molar-refractivity contribution >= 4 is 22.4 Å². The molecular formula is C19H17NO4. The highest BCUT2D eigenvalue weighted by Crippen LogP contribution is 2.23. The summed E-state index contributed by atoms with van der Waals surface area (Å²) in [5.41, 5.74) is 2.46. The average Bonchev–Trinajstić information content (AvgIpc) is 2.59. The minimum Gasteiger partial charge on any atom is -0.497 e. The number of Topliss-reactive ketones (excluding diaryl/α,β-unsaturated/α-hetero) is 1. The number of benzene rings is 2. The third-order valence-electron chi connectivity index (χ3n) is 3.81. The zero-order valence-corrected chi connectivity index (χ0v) is 13.5. The van der Waals surface area contributed by atoms with Crippen LogP contribution < -0.4 is 15.7 Å². The lowest BCUT2D eigenvalue weighted by Gasteiger charge is -2.09. The molecule has 0 radical (unpaired) electrons. The topological polar surface area (TPSA) is 68.5 Å². The molecule has 0 saturated carbocycles. The van der Waals surface area contributed by atoms with E-state index in [2.05, 4.69) is 5.32 Å². The fraction of sp³-hybridized carbons (Fsp3) is 0.158. The van der Waals surface area contributed by atoms with Crippen molar-refractivity contribution in [3.8, 4) is 5.75 Å². The molecule has 122 valence electrons. The Hall–Kier alpha value is -3.08. The highest BCUT2D eigenvalue weighted by atomic mass is 16.5. The standard InChI is InChI=1S/C19H17NO4/c1-12(21)13-3-5-15(6-4-13)20-11-14-9-19(22)24-18-10-16(23-2)7-8-17(14)18/h3-10,20H,11H2,1-2H3. The summed E-state index contributed by atoms with van der Waals surface area (Å²) in [5, 5.41) is 4.10. The van der Waals surface area contributed by atoms with Gasteiger partial charge in [-0.05, 0) is 48.9 Å². The second kappa shape index (κ2) is 6.58. The normalized spacial score (nSPS) is 10.6. The van der Waals surface area contributed by atoms with Gasteiger partial charge in [-0.1, -0.05) is 0 Å². The van der Waals surface area contributed by atoms with Crippen LogP contribution in [-0.4, -0.2) is 12.9 Å². The van der Waals surface area contributed by atoms with Crippen LogP contribution in [0.4, 0.5) is 5.69 Å². The van der Waals surface area contributed by atoms with E-state index in [0.717, 1.165) is 16.6 Å². The van der Waals surface area contributed by atoms with Crippen LogP contribution in [0.25, 0.3) is 11.0 Å². The Bertz CT molecular complexity index is 942. The summed E-state index contributed by atoms with van der Waals surface area (Å²) in [6, 6.07) is 14.1. The monoisotopic (exact) mass is 323 g/mol. The van der Waals surface area contributed by atoms with Gasteiger partial charge in [0, 0.05) is 35.3 Å². The van der Waals surface area contributed by atoms with E-state index in [1.165, 1.54) is 13.0 Å². The molecule has 1 N–H and O–H groups in total. The summed E-state index contributed by atoms with van der Waals surface area (Å²) in [6.45, 7) is 2.00. The van der Waals surface area contributed by atoms with Gasteiger partial charge in [0.2, 0.25) is 0 Å². The first-order valence-electron chi connectivity index (χ1n) is 7.52. The first-order chi connectivity index (χ1) is 11.6. The maximum absolute atomic E-state index is 11.8. The Morgan fingerprint density at radius 3 is 2.54 bits per heavy atom. The number of rotatable bonds is 5. The van der Waals surface area contributed by atoms with E-state index < -0.39 is 5.63 Å². The molecule has 5 heteroatoms. The van der Waals surface area contributed by atoms with Crippen LogP contribution >= 0.6 is 0 Å². The Labute approximate surface area is 138 Å². The van der Waals surface area contributed by atoms with Crippen molar-refractivity contribution in [1.29, 1.82) is 0 Å². The number of nitrogens with one attached hydrogen (secondary N) is 1. The van der Waals surface area contributed by atoms with Crippen molar-refractivity contribution in [2.24, 2.45) is 0 Å². The number of fused-ring (bicyclic) bond motifs is 1. The van der Waals surface area contributed by atoms with Crippen LogP contribution in [0.15, 0.2) is 57.7 Å². The largest absolute Gasteiger partial charge is 0.497 e. The van der Waals surface area contributed by atoms with Crippen LogP contribution in [0.2, 0.25) is 0 Å². The molecule has 1 heterocycles. The van der Waals surface area contributed by atoms with Gasteiger partial charge in [-0.3, -0.25) is 4.79 Å². The van der Waals surface area contributed by atoms with Gasteiger partial charge in [0.25, 0.3) is 0 Å². The van der Waals surface area contributed by atoms with E-state index in [1.54, 1.807) is 25.3 Å². The van der Waals surface area contributed by atoms with Crippen LogP contribution in [0.1, 0.15) is 22.8 Å². The lowest BCUT2D eigenvalue weighted by Crippen LogP contribution is -2.06. The number of carbonyl (C=O) groups excluding carboxylic acids is 1. The quantitative estimate of drug-likeness (QED) is 0.574. The molecule has 0 atom stereocenters. The van der Waals surface area contributed by atoms with Gasteiger partial charge in [0.05, 0.1) is 7.11 Å². The lowest BCUT2D eigenvalue weighted by molar-refractivity contribution is 0.101. The number of hydrogen-bond donors (Lipinski definition) is 1. The van der Waals surface area contributed by atoms with Crippen LogP contribution in [0.5, 0.6) is 5.75 Å². The zero-order valence-electron chi connectivity index (χ0n) is 13.5. The molecule has 0 saturated heterocycles. The molecule has 0 aliphatic carbocycles. The SMILES string of the molecule is COc1ccc2c(CNc3ccc(C(C)=O)cc3)cc(=O)oc2c1. The third kappa shape index (κ3) is 3.30. The lowest BCUT2D eigenvalue weighted by atomic mass is 10.1. The van der Waals surface area contributed by atoms with Crippen molar-refractivity contribution < 1.29 is 13.9 Å². The van der Waals surface area contributed by atoms with Crippen molar-refractivity contribution in [3.63, 3.8) is 0 Å². The van der Waals surface area contributed by atoms with E-state index in [9.17, 15) is 9.59 Å². The number of ether oxygens (including phenoxy) is 1. The third-order valence-corrected chi connectivity index (χ3v) is 3.81. The van der Waals surface area contributed by atoms with Crippen LogP contribution in [-0.2, 0) is 6.54 Å². The summed E-state index contributed by atoms with van der Waals surface area (Å²) in [5.74, 6) is 0.665. The van der Waals surface area contributed by atoms with Gasteiger partial charge < -0.3 is 14.5 Å². The van der Waals surface area contributed by atoms with Crippen LogP contribution in [0.3, 0.4) is 0 Å². The van der Waals surface area contributed by atoms with Gasteiger partial charge in [0.1, 0.15) is 11.3 Å². The highest BCUT2D eigenvalue weighted by molar-refractivity contribution is 5.94. The Morgan fingerprint density at radius 1 is 1.12 bits per heavy atom. The van der Waals surface area contributed by atoms with Gasteiger partial charge >= 0.3 is 5.63 Å². The number of carbonyl (C=O) groups is 1. The number of anilines is 1.